The van der Waals surface area contributed by atoms with Crippen molar-refractivity contribution in [2.24, 2.45) is 9.98 Å². The van der Waals surface area contributed by atoms with Gasteiger partial charge in [-0.05, 0) is 13.4 Å². The topological polar surface area (TPSA) is 40.5 Å². The lowest BCUT2D eigenvalue weighted by atomic mass is 10.5. The van der Waals surface area contributed by atoms with Crippen LogP contribution in [0.2, 0.25) is 0 Å². The molecule has 3 heteroatoms. The standard InChI is InChI=1S/C6H7N3/c1-7-5-3-9-4-6(5)8-2/h3-4,9H,1-2H2. The Labute approximate surface area is 53.2 Å². The van der Waals surface area contributed by atoms with Gasteiger partial charge < -0.3 is 4.98 Å². The predicted octanol–water partition coefficient (Wildman–Crippen LogP) is 1.68. The van der Waals surface area contributed by atoms with E-state index in [0.717, 1.165) is 11.4 Å². The molecule has 0 atom stereocenters. The molecule has 1 aromatic rings. The largest absolute Gasteiger partial charge is 0.364 e. The van der Waals surface area contributed by atoms with Crippen LogP contribution in [0.5, 0.6) is 0 Å². The van der Waals surface area contributed by atoms with Gasteiger partial charge in [-0.15, -0.1) is 0 Å². The fourth-order valence-corrected chi connectivity index (χ4v) is 0.601. The van der Waals surface area contributed by atoms with Gasteiger partial charge in [0.05, 0.1) is 0 Å². The maximum absolute atomic E-state index is 3.69. The van der Waals surface area contributed by atoms with Gasteiger partial charge in [0.25, 0.3) is 0 Å². The van der Waals surface area contributed by atoms with Crippen molar-refractivity contribution in [3.63, 3.8) is 0 Å². The summed E-state index contributed by atoms with van der Waals surface area (Å²) in [6, 6.07) is 0. The van der Waals surface area contributed by atoms with Gasteiger partial charge in [0.1, 0.15) is 11.4 Å². The van der Waals surface area contributed by atoms with Crippen molar-refractivity contribution in [2.75, 3.05) is 0 Å². The Hall–Kier alpha value is -1.38. The van der Waals surface area contributed by atoms with E-state index in [1.165, 1.54) is 0 Å². The maximum Gasteiger partial charge on any atom is 0.105 e. The summed E-state index contributed by atoms with van der Waals surface area (Å²) in [7, 11) is 0. The Morgan fingerprint density at radius 1 is 1.11 bits per heavy atom. The van der Waals surface area contributed by atoms with E-state index in [1.54, 1.807) is 12.4 Å². The summed E-state index contributed by atoms with van der Waals surface area (Å²) in [5.74, 6) is 0. The van der Waals surface area contributed by atoms with E-state index in [4.69, 9.17) is 0 Å². The van der Waals surface area contributed by atoms with Crippen LogP contribution >= 0.6 is 0 Å². The predicted molar refractivity (Wildman–Crippen MR) is 39.2 cm³/mol. The number of nitrogens with zero attached hydrogens (tertiary/aromatic N) is 2. The number of aromatic amines is 1. The van der Waals surface area contributed by atoms with Crippen LogP contribution in [0.4, 0.5) is 11.4 Å². The van der Waals surface area contributed by atoms with Crippen LogP contribution in [0.25, 0.3) is 0 Å². The molecule has 0 aliphatic heterocycles. The molecule has 9 heavy (non-hydrogen) atoms. The van der Waals surface area contributed by atoms with Crippen LogP contribution in [-0.4, -0.2) is 18.4 Å². The zero-order valence-corrected chi connectivity index (χ0v) is 4.96. The van der Waals surface area contributed by atoms with Gasteiger partial charge >= 0.3 is 0 Å². The molecule has 46 valence electrons. The Bertz CT molecular complexity index is 201. The Kier molecular flexibility index (Phi) is 1.44. The second-order valence-electron chi connectivity index (χ2n) is 1.54. The summed E-state index contributed by atoms with van der Waals surface area (Å²) >= 11 is 0. The minimum absolute atomic E-state index is 0.741. The monoisotopic (exact) mass is 121 g/mol. The Balaban J connectivity index is 3.12. The van der Waals surface area contributed by atoms with Gasteiger partial charge in [0.2, 0.25) is 0 Å². The lowest BCUT2D eigenvalue weighted by Crippen LogP contribution is -1.52. The number of aliphatic imine (C=N–C) groups is 2. The molecule has 1 heterocycles. The van der Waals surface area contributed by atoms with Crippen molar-refractivity contribution in [3.8, 4) is 0 Å². The third-order valence-corrected chi connectivity index (χ3v) is 1.04. The molecule has 1 aromatic heterocycles. The van der Waals surface area contributed by atoms with E-state index in [2.05, 4.69) is 28.4 Å². The highest BCUT2D eigenvalue weighted by atomic mass is 14.9. The highest BCUT2D eigenvalue weighted by molar-refractivity contribution is 5.65. The van der Waals surface area contributed by atoms with Gasteiger partial charge in [-0.2, -0.15) is 0 Å². The Morgan fingerprint density at radius 2 is 1.56 bits per heavy atom. The average Bonchev–Trinajstić information content (AvgIpc) is 2.33. The van der Waals surface area contributed by atoms with Crippen molar-refractivity contribution in [3.05, 3.63) is 12.4 Å². The molecule has 1 N–H and O–H groups in total. The van der Waals surface area contributed by atoms with Crippen molar-refractivity contribution in [2.45, 2.75) is 0 Å². The number of nitrogens with one attached hydrogen (secondary N) is 1. The van der Waals surface area contributed by atoms with Gasteiger partial charge in [-0.25, -0.2) is 0 Å². The summed E-state index contributed by atoms with van der Waals surface area (Å²) in [6.45, 7) is 6.71. The molecular weight excluding hydrogens is 114 g/mol. The van der Waals surface area contributed by atoms with E-state index in [0.29, 0.717) is 0 Å². The van der Waals surface area contributed by atoms with Gasteiger partial charge in [-0.1, -0.05) is 0 Å². The smallest absolute Gasteiger partial charge is 0.105 e. The van der Waals surface area contributed by atoms with Gasteiger partial charge in [0.15, 0.2) is 0 Å². The molecule has 3 nitrogen and oxygen atoms in total. The number of hydrogen-bond acceptors (Lipinski definition) is 2. The van der Waals surface area contributed by atoms with Crippen molar-refractivity contribution in [1.82, 2.24) is 4.98 Å². The molecule has 0 aliphatic rings. The molecule has 0 aromatic carbocycles. The number of hydrogen-bond donors (Lipinski definition) is 1. The summed E-state index contributed by atoms with van der Waals surface area (Å²) in [5.41, 5.74) is 1.48. The number of rotatable bonds is 2. The van der Waals surface area contributed by atoms with Crippen LogP contribution in [0, 0.1) is 0 Å². The quantitative estimate of drug-likeness (QED) is 0.578. The van der Waals surface area contributed by atoms with Crippen LogP contribution in [0.1, 0.15) is 0 Å². The minimum Gasteiger partial charge on any atom is -0.364 e. The zero-order valence-electron chi connectivity index (χ0n) is 4.96. The van der Waals surface area contributed by atoms with Crippen molar-refractivity contribution in [1.29, 1.82) is 0 Å². The van der Waals surface area contributed by atoms with Crippen LogP contribution < -0.4 is 0 Å². The first-order valence-electron chi connectivity index (χ1n) is 2.48. The molecule has 0 unspecified atom stereocenters. The lowest BCUT2D eigenvalue weighted by molar-refractivity contribution is 1.40. The summed E-state index contributed by atoms with van der Waals surface area (Å²) < 4.78 is 0. The second-order valence-corrected chi connectivity index (χ2v) is 1.54. The van der Waals surface area contributed by atoms with E-state index >= 15 is 0 Å². The van der Waals surface area contributed by atoms with E-state index in [1.807, 2.05) is 0 Å². The van der Waals surface area contributed by atoms with E-state index < -0.39 is 0 Å². The fraction of sp³-hybridized carbons (Fsp3) is 0. The molecule has 0 aliphatic carbocycles. The first kappa shape index (κ1) is 5.75. The summed E-state index contributed by atoms with van der Waals surface area (Å²) in [6.07, 6.45) is 3.44. The lowest BCUT2D eigenvalue weighted by Gasteiger charge is -1.84. The van der Waals surface area contributed by atoms with Crippen LogP contribution in [0.15, 0.2) is 22.4 Å². The average molecular weight is 121 g/mol. The Morgan fingerprint density at radius 3 is 1.89 bits per heavy atom. The molecular formula is C6H7N3. The van der Waals surface area contributed by atoms with Crippen molar-refractivity contribution >= 4 is 24.8 Å². The third-order valence-electron chi connectivity index (χ3n) is 1.04. The van der Waals surface area contributed by atoms with Crippen LogP contribution in [0.3, 0.4) is 0 Å². The van der Waals surface area contributed by atoms with Crippen LogP contribution in [-0.2, 0) is 0 Å². The van der Waals surface area contributed by atoms with Gasteiger partial charge in [-0.3, -0.25) is 9.98 Å². The molecule has 0 saturated carbocycles. The highest BCUT2D eigenvalue weighted by Crippen LogP contribution is 2.25. The molecule has 1 rings (SSSR count). The molecule has 0 fully saturated rings. The number of H-pyrrole nitrogens is 1. The van der Waals surface area contributed by atoms with E-state index in [-0.39, 0.29) is 0 Å². The maximum atomic E-state index is 3.69. The van der Waals surface area contributed by atoms with E-state index in [9.17, 15) is 0 Å². The first-order chi connectivity index (χ1) is 4.38. The molecule has 0 spiro atoms. The molecule has 0 bridgehead atoms. The summed E-state index contributed by atoms with van der Waals surface area (Å²) in [5, 5.41) is 0. The molecule has 0 radical (unpaired) electrons. The third kappa shape index (κ3) is 0.887. The molecule has 0 saturated heterocycles. The van der Waals surface area contributed by atoms with Gasteiger partial charge in [0, 0.05) is 12.4 Å². The van der Waals surface area contributed by atoms with Crippen molar-refractivity contribution < 1.29 is 0 Å². The molecule has 0 amide bonds. The fourth-order valence-electron chi connectivity index (χ4n) is 0.601. The second kappa shape index (κ2) is 2.26. The number of aromatic nitrogens is 1. The normalized spacial score (nSPS) is 8.89. The summed E-state index contributed by atoms with van der Waals surface area (Å²) in [4.78, 5) is 10.2. The minimum atomic E-state index is 0.741. The first-order valence-corrected chi connectivity index (χ1v) is 2.48. The zero-order chi connectivity index (χ0) is 6.69. The highest BCUT2D eigenvalue weighted by Gasteiger charge is 1.94. The SMILES string of the molecule is C=Nc1c[nH]cc1N=C.